The summed E-state index contributed by atoms with van der Waals surface area (Å²) in [4.78, 5) is 2.05. The Morgan fingerprint density at radius 2 is 2.00 bits per heavy atom. The van der Waals surface area contributed by atoms with Crippen LogP contribution in [-0.2, 0) is 0 Å². The molecule has 0 aliphatic rings. The standard InChI is InChI=1S/C16H18BrN7/c1-11-7-12(2)24(21-11)16-20-18-10-23(16)19-9-13-5-6-15(22(3)4)14(17)8-13/h5-10H,1-4H3/b19-9+. The van der Waals surface area contributed by atoms with Crippen LogP contribution in [0.3, 0.4) is 0 Å². The second kappa shape index (κ2) is 6.56. The van der Waals surface area contributed by atoms with Crippen LogP contribution in [-0.4, -0.2) is 45.0 Å². The van der Waals surface area contributed by atoms with E-state index in [2.05, 4.69) is 36.3 Å². The van der Waals surface area contributed by atoms with E-state index in [9.17, 15) is 0 Å². The molecule has 0 saturated heterocycles. The van der Waals surface area contributed by atoms with Crippen molar-refractivity contribution in [2.75, 3.05) is 19.0 Å². The fourth-order valence-electron chi connectivity index (χ4n) is 2.37. The van der Waals surface area contributed by atoms with Gasteiger partial charge in [-0.2, -0.15) is 14.9 Å². The molecule has 0 N–H and O–H groups in total. The number of hydrogen-bond acceptors (Lipinski definition) is 5. The Morgan fingerprint density at radius 1 is 1.21 bits per heavy atom. The number of aryl methyl sites for hydroxylation is 2. The lowest BCUT2D eigenvalue weighted by molar-refractivity contribution is 0.717. The topological polar surface area (TPSA) is 64.1 Å². The molecule has 0 radical (unpaired) electrons. The monoisotopic (exact) mass is 387 g/mol. The van der Waals surface area contributed by atoms with Gasteiger partial charge in [-0.1, -0.05) is 6.07 Å². The van der Waals surface area contributed by atoms with E-state index in [1.54, 1.807) is 21.9 Å². The van der Waals surface area contributed by atoms with E-state index in [1.807, 2.05) is 57.1 Å². The summed E-state index contributed by atoms with van der Waals surface area (Å²) in [5, 5.41) is 16.9. The first kappa shape index (κ1) is 16.4. The van der Waals surface area contributed by atoms with Crippen LogP contribution in [0.2, 0.25) is 0 Å². The average Bonchev–Trinajstić information content (AvgIpc) is 3.10. The highest BCUT2D eigenvalue weighted by Gasteiger charge is 2.10. The lowest BCUT2D eigenvalue weighted by Gasteiger charge is -2.14. The number of nitrogens with zero attached hydrogens (tertiary/aromatic N) is 7. The fourth-order valence-corrected chi connectivity index (χ4v) is 3.12. The fraction of sp³-hybridized carbons (Fsp3) is 0.250. The molecule has 24 heavy (non-hydrogen) atoms. The van der Waals surface area contributed by atoms with Gasteiger partial charge in [-0.05, 0) is 53.5 Å². The smallest absolute Gasteiger partial charge is 0.273 e. The predicted octanol–water partition coefficient (Wildman–Crippen LogP) is 2.79. The summed E-state index contributed by atoms with van der Waals surface area (Å²) < 4.78 is 4.34. The highest BCUT2D eigenvalue weighted by molar-refractivity contribution is 9.10. The first-order chi connectivity index (χ1) is 11.5. The number of anilines is 1. The Balaban J connectivity index is 1.90. The quantitative estimate of drug-likeness (QED) is 0.645. The molecule has 3 aromatic rings. The van der Waals surface area contributed by atoms with Gasteiger partial charge in [-0.15, -0.1) is 10.2 Å². The summed E-state index contributed by atoms with van der Waals surface area (Å²) in [7, 11) is 4.01. The van der Waals surface area contributed by atoms with Gasteiger partial charge in [-0.3, -0.25) is 0 Å². The minimum absolute atomic E-state index is 0.556. The van der Waals surface area contributed by atoms with Crippen LogP contribution in [0.5, 0.6) is 0 Å². The Kier molecular flexibility index (Phi) is 4.48. The molecule has 0 saturated carbocycles. The molecule has 2 heterocycles. The third-order valence-corrected chi connectivity index (χ3v) is 4.13. The minimum Gasteiger partial charge on any atom is -0.377 e. The molecule has 0 unspecified atom stereocenters. The van der Waals surface area contributed by atoms with Crippen LogP contribution in [0, 0.1) is 13.8 Å². The molecule has 7 nitrogen and oxygen atoms in total. The number of aromatic nitrogens is 5. The highest BCUT2D eigenvalue weighted by atomic mass is 79.9. The van der Waals surface area contributed by atoms with E-state index in [4.69, 9.17) is 0 Å². The molecule has 2 aromatic heterocycles. The van der Waals surface area contributed by atoms with Crippen LogP contribution < -0.4 is 4.90 Å². The largest absolute Gasteiger partial charge is 0.377 e. The van der Waals surface area contributed by atoms with Crippen molar-refractivity contribution < 1.29 is 0 Å². The summed E-state index contributed by atoms with van der Waals surface area (Å²) in [5.74, 6) is 0.556. The first-order valence-corrected chi connectivity index (χ1v) is 8.20. The van der Waals surface area contributed by atoms with Gasteiger partial charge in [0.05, 0.1) is 17.6 Å². The summed E-state index contributed by atoms with van der Waals surface area (Å²) in [5.41, 5.74) is 3.99. The minimum atomic E-state index is 0.556. The maximum atomic E-state index is 4.45. The van der Waals surface area contributed by atoms with E-state index in [0.29, 0.717) is 5.95 Å². The molecule has 0 aliphatic carbocycles. The summed E-state index contributed by atoms with van der Waals surface area (Å²) in [6.07, 6.45) is 3.33. The third kappa shape index (κ3) is 3.23. The van der Waals surface area contributed by atoms with E-state index in [0.717, 1.165) is 27.1 Å². The van der Waals surface area contributed by atoms with Gasteiger partial charge in [0.2, 0.25) is 0 Å². The highest BCUT2D eigenvalue weighted by Crippen LogP contribution is 2.25. The van der Waals surface area contributed by atoms with E-state index in [1.165, 1.54) is 0 Å². The van der Waals surface area contributed by atoms with Crippen molar-refractivity contribution >= 4 is 27.8 Å². The zero-order valence-corrected chi connectivity index (χ0v) is 15.6. The van der Waals surface area contributed by atoms with Crippen molar-refractivity contribution in [2.24, 2.45) is 5.10 Å². The van der Waals surface area contributed by atoms with Crippen LogP contribution in [0.25, 0.3) is 5.95 Å². The molecule has 1 aromatic carbocycles. The second-order valence-corrected chi connectivity index (χ2v) is 6.52. The van der Waals surface area contributed by atoms with E-state index in [-0.39, 0.29) is 0 Å². The molecule has 0 amide bonds. The number of hydrogen-bond donors (Lipinski definition) is 0. The van der Waals surface area contributed by atoms with Crippen LogP contribution in [0.4, 0.5) is 5.69 Å². The molecule has 0 aliphatic heterocycles. The molecule has 3 rings (SSSR count). The lowest BCUT2D eigenvalue weighted by Crippen LogP contribution is -2.09. The normalized spacial score (nSPS) is 11.4. The average molecular weight is 388 g/mol. The second-order valence-electron chi connectivity index (χ2n) is 5.66. The summed E-state index contributed by atoms with van der Waals surface area (Å²) in [6, 6.07) is 8.06. The Hall–Kier alpha value is -2.48. The number of halogens is 1. The Labute approximate surface area is 148 Å². The SMILES string of the molecule is Cc1cc(C)n(-c2nncn2/N=C/c2ccc(N(C)C)c(Br)c2)n1. The molecular formula is C16H18BrN7. The van der Waals surface area contributed by atoms with Gasteiger partial charge in [0, 0.05) is 24.3 Å². The van der Waals surface area contributed by atoms with Crippen molar-refractivity contribution in [3.8, 4) is 5.95 Å². The van der Waals surface area contributed by atoms with Crippen molar-refractivity contribution in [1.29, 1.82) is 0 Å². The third-order valence-electron chi connectivity index (χ3n) is 3.50. The predicted molar refractivity (Wildman–Crippen MR) is 98.1 cm³/mol. The molecule has 124 valence electrons. The van der Waals surface area contributed by atoms with Gasteiger partial charge in [0.1, 0.15) is 6.33 Å². The molecule has 8 heteroatoms. The van der Waals surface area contributed by atoms with Gasteiger partial charge in [-0.25, -0.2) is 4.68 Å². The summed E-state index contributed by atoms with van der Waals surface area (Å²) >= 11 is 3.58. The zero-order chi connectivity index (χ0) is 17.3. The van der Waals surface area contributed by atoms with Crippen LogP contribution >= 0.6 is 15.9 Å². The van der Waals surface area contributed by atoms with Crippen molar-refractivity contribution in [1.82, 2.24) is 24.7 Å². The molecule has 0 spiro atoms. The van der Waals surface area contributed by atoms with Crippen molar-refractivity contribution in [3.05, 3.63) is 52.0 Å². The van der Waals surface area contributed by atoms with Crippen LogP contribution in [0.15, 0.2) is 40.2 Å². The van der Waals surface area contributed by atoms with Gasteiger partial charge < -0.3 is 4.90 Å². The molecule has 0 atom stereocenters. The maximum Gasteiger partial charge on any atom is 0.273 e. The first-order valence-electron chi connectivity index (χ1n) is 7.40. The van der Waals surface area contributed by atoms with Crippen LogP contribution in [0.1, 0.15) is 17.0 Å². The molecular weight excluding hydrogens is 370 g/mol. The molecule has 0 fully saturated rings. The Morgan fingerprint density at radius 3 is 2.62 bits per heavy atom. The number of rotatable bonds is 4. The molecule has 0 bridgehead atoms. The summed E-state index contributed by atoms with van der Waals surface area (Å²) in [6.45, 7) is 3.91. The van der Waals surface area contributed by atoms with E-state index < -0.39 is 0 Å². The number of benzene rings is 1. The van der Waals surface area contributed by atoms with Crippen molar-refractivity contribution in [2.45, 2.75) is 13.8 Å². The Bertz CT molecular complexity index is 892. The van der Waals surface area contributed by atoms with Gasteiger partial charge in [0.15, 0.2) is 0 Å². The lowest BCUT2D eigenvalue weighted by atomic mass is 10.2. The van der Waals surface area contributed by atoms with Crippen molar-refractivity contribution in [3.63, 3.8) is 0 Å². The van der Waals surface area contributed by atoms with Gasteiger partial charge >= 0.3 is 0 Å². The zero-order valence-electron chi connectivity index (χ0n) is 14.0. The van der Waals surface area contributed by atoms with E-state index >= 15 is 0 Å². The van der Waals surface area contributed by atoms with Gasteiger partial charge in [0.25, 0.3) is 5.95 Å². The maximum absolute atomic E-state index is 4.45.